The number of carbonyl (C=O) groups is 2. The molecule has 1 atom stereocenters. The lowest BCUT2D eigenvalue weighted by Crippen LogP contribution is -2.54. The van der Waals surface area contributed by atoms with Crippen LogP contribution in [0.2, 0.25) is 5.02 Å². The van der Waals surface area contributed by atoms with Gasteiger partial charge < -0.3 is 15.0 Å². The zero-order valence-corrected chi connectivity index (χ0v) is 24.3. The number of methoxy groups -OCH3 is 1. The molecule has 0 aliphatic carbocycles. The van der Waals surface area contributed by atoms with Gasteiger partial charge in [0.15, 0.2) is 0 Å². The van der Waals surface area contributed by atoms with Crippen molar-refractivity contribution in [3.05, 3.63) is 89.4 Å². The number of nitrogens with zero attached hydrogens (tertiary/aromatic N) is 2. The molecule has 0 heterocycles. The fourth-order valence-electron chi connectivity index (χ4n) is 3.86. The molecular weight excluding hydrogens is 538 g/mol. The van der Waals surface area contributed by atoms with Gasteiger partial charge in [0.05, 0.1) is 17.7 Å². The van der Waals surface area contributed by atoms with E-state index in [-0.39, 0.29) is 17.3 Å². The molecule has 39 heavy (non-hydrogen) atoms. The van der Waals surface area contributed by atoms with Crippen molar-refractivity contribution in [3.63, 3.8) is 0 Å². The Kier molecular flexibility index (Phi) is 9.63. The SMILES string of the molecule is COc1ccc(S(=O)(=O)N(CC(=O)N(Cc2ccccc2Cl)[C@@H](C)C(=O)NC(C)(C)C)c2ccccc2)cc1. The molecule has 0 saturated carbocycles. The van der Waals surface area contributed by atoms with E-state index in [0.717, 1.165) is 4.31 Å². The molecule has 3 aromatic carbocycles. The molecule has 0 saturated heterocycles. The maximum Gasteiger partial charge on any atom is 0.264 e. The van der Waals surface area contributed by atoms with Crippen LogP contribution < -0.4 is 14.4 Å². The number of rotatable bonds is 10. The quantitative estimate of drug-likeness (QED) is 0.374. The maximum atomic E-state index is 13.9. The molecule has 0 bridgehead atoms. The van der Waals surface area contributed by atoms with Gasteiger partial charge in [-0.15, -0.1) is 0 Å². The fourth-order valence-corrected chi connectivity index (χ4v) is 5.47. The fraction of sp³-hybridized carbons (Fsp3) is 0.310. The number of ether oxygens (including phenoxy) is 1. The van der Waals surface area contributed by atoms with Crippen molar-refractivity contribution in [2.75, 3.05) is 18.0 Å². The van der Waals surface area contributed by atoms with E-state index in [9.17, 15) is 18.0 Å². The van der Waals surface area contributed by atoms with E-state index in [1.165, 1.54) is 24.1 Å². The summed E-state index contributed by atoms with van der Waals surface area (Å²) in [5.74, 6) is -0.430. The van der Waals surface area contributed by atoms with E-state index in [2.05, 4.69) is 5.32 Å². The third-order valence-corrected chi connectivity index (χ3v) is 8.09. The normalized spacial score (nSPS) is 12.4. The van der Waals surface area contributed by atoms with E-state index >= 15 is 0 Å². The second-order valence-electron chi connectivity index (χ2n) is 10.1. The van der Waals surface area contributed by atoms with Crippen molar-refractivity contribution in [2.24, 2.45) is 0 Å². The number of anilines is 1. The molecule has 0 spiro atoms. The summed E-state index contributed by atoms with van der Waals surface area (Å²) in [5.41, 5.74) is 0.413. The van der Waals surface area contributed by atoms with Crippen LogP contribution in [0.3, 0.4) is 0 Å². The van der Waals surface area contributed by atoms with Gasteiger partial charge in [-0.05, 0) is 75.7 Å². The van der Waals surface area contributed by atoms with Crippen LogP contribution in [0.15, 0.2) is 83.8 Å². The largest absolute Gasteiger partial charge is 0.497 e. The van der Waals surface area contributed by atoms with Crippen molar-refractivity contribution in [3.8, 4) is 5.75 Å². The summed E-state index contributed by atoms with van der Waals surface area (Å²) in [7, 11) is -2.67. The summed E-state index contributed by atoms with van der Waals surface area (Å²) in [6.45, 7) is 6.63. The number of sulfonamides is 1. The number of para-hydroxylation sites is 1. The van der Waals surface area contributed by atoms with E-state index in [1.54, 1.807) is 73.7 Å². The van der Waals surface area contributed by atoms with Gasteiger partial charge in [-0.25, -0.2) is 8.42 Å². The third kappa shape index (κ3) is 7.74. The number of carbonyl (C=O) groups excluding carboxylic acids is 2. The summed E-state index contributed by atoms with van der Waals surface area (Å²) in [5, 5.41) is 3.33. The minimum atomic E-state index is -4.16. The van der Waals surface area contributed by atoms with Crippen molar-refractivity contribution in [2.45, 2.75) is 50.7 Å². The highest BCUT2D eigenvalue weighted by molar-refractivity contribution is 7.92. The van der Waals surface area contributed by atoms with Crippen molar-refractivity contribution >= 4 is 39.1 Å². The minimum Gasteiger partial charge on any atom is -0.497 e. The molecule has 0 radical (unpaired) electrons. The zero-order chi connectivity index (χ0) is 28.8. The molecule has 0 aliphatic heterocycles. The number of nitrogens with one attached hydrogen (secondary N) is 1. The van der Waals surface area contributed by atoms with Crippen LogP contribution >= 0.6 is 11.6 Å². The molecule has 1 N–H and O–H groups in total. The first-order chi connectivity index (χ1) is 18.3. The number of halogens is 1. The Balaban J connectivity index is 2.02. The average molecular weight is 572 g/mol. The Morgan fingerprint density at radius 2 is 1.54 bits per heavy atom. The smallest absolute Gasteiger partial charge is 0.264 e. The highest BCUT2D eigenvalue weighted by Gasteiger charge is 2.33. The van der Waals surface area contributed by atoms with Gasteiger partial charge in [0.25, 0.3) is 10.0 Å². The summed E-state index contributed by atoms with van der Waals surface area (Å²) in [4.78, 5) is 28.4. The number of amides is 2. The van der Waals surface area contributed by atoms with E-state index in [0.29, 0.717) is 22.0 Å². The molecule has 10 heteroatoms. The van der Waals surface area contributed by atoms with Gasteiger partial charge in [0.2, 0.25) is 11.8 Å². The Hall–Kier alpha value is -3.56. The summed E-state index contributed by atoms with van der Waals surface area (Å²) < 4.78 is 33.8. The van der Waals surface area contributed by atoms with Gasteiger partial charge in [-0.2, -0.15) is 0 Å². The molecule has 0 aromatic heterocycles. The monoisotopic (exact) mass is 571 g/mol. The lowest BCUT2D eigenvalue weighted by Gasteiger charge is -2.33. The third-order valence-electron chi connectivity index (χ3n) is 5.93. The predicted molar refractivity (Wildman–Crippen MR) is 153 cm³/mol. The summed E-state index contributed by atoms with van der Waals surface area (Å²) >= 11 is 6.39. The lowest BCUT2D eigenvalue weighted by atomic mass is 10.1. The maximum absolute atomic E-state index is 13.9. The lowest BCUT2D eigenvalue weighted by molar-refractivity contribution is -0.140. The van der Waals surface area contributed by atoms with Crippen LogP contribution in [-0.2, 0) is 26.2 Å². The molecule has 0 aliphatic rings. The van der Waals surface area contributed by atoms with Gasteiger partial charge in [-0.3, -0.25) is 13.9 Å². The number of hydrogen-bond donors (Lipinski definition) is 1. The highest BCUT2D eigenvalue weighted by Crippen LogP contribution is 2.26. The van der Waals surface area contributed by atoms with Gasteiger partial charge in [0.1, 0.15) is 18.3 Å². The Morgan fingerprint density at radius 3 is 2.10 bits per heavy atom. The Bertz CT molecular complexity index is 1390. The van der Waals surface area contributed by atoms with E-state index < -0.39 is 34.1 Å². The highest BCUT2D eigenvalue weighted by atomic mass is 35.5. The first-order valence-electron chi connectivity index (χ1n) is 12.4. The Labute approximate surface area is 235 Å². The molecule has 2 amide bonds. The Morgan fingerprint density at radius 1 is 0.949 bits per heavy atom. The summed E-state index contributed by atoms with van der Waals surface area (Å²) in [6.07, 6.45) is 0. The summed E-state index contributed by atoms with van der Waals surface area (Å²) in [6, 6.07) is 20.4. The number of benzene rings is 3. The molecule has 0 unspecified atom stereocenters. The van der Waals surface area contributed by atoms with E-state index in [4.69, 9.17) is 16.3 Å². The zero-order valence-electron chi connectivity index (χ0n) is 22.7. The van der Waals surface area contributed by atoms with Crippen molar-refractivity contribution < 1.29 is 22.7 Å². The average Bonchev–Trinajstić information content (AvgIpc) is 2.90. The van der Waals surface area contributed by atoms with E-state index in [1.807, 2.05) is 20.8 Å². The van der Waals surface area contributed by atoms with Crippen LogP contribution in [-0.4, -0.2) is 50.4 Å². The standard InChI is InChI=1S/C29H34ClN3O5S/c1-21(28(35)31-29(2,3)4)32(19-22-11-9-10-14-26(22)30)27(34)20-33(23-12-7-6-8-13-23)39(36,37)25-17-15-24(38-5)16-18-25/h6-18,21H,19-20H2,1-5H3,(H,31,35)/t21-/m0/s1. The van der Waals surface area contributed by atoms with Gasteiger partial charge in [0, 0.05) is 17.1 Å². The second-order valence-corrected chi connectivity index (χ2v) is 12.3. The van der Waals surface area contributed by atoms with Gasteiger partial charge >= 0.3 is 0 Å². The second kappa shape index (κ2) is 12.5. The first-order valence-corrected chi connectivity index (χ1v) is 14.2. The predicted octanol–water partition coefficient (Wildman–Crippen LogP) is 4.88. The topological polar surface area (TPSA) is 96.0 Å². The number of hydrogen-bond acceptors (Lipinski definition) is 5. The molecule has 208 valence electrons. The van der Waals surface area contributed by atoms with Crippen molar-refractivity contribution in [1.29, 1.82) is 0 Å². The molecule has 3 rings (SSSR count). The molecular formula is C29H34ClN3O5S. The first kappa shape index (κ1) is 30.0. The van der Waals surface area contributed by atoms with Crippen molar-refractivity contribution in [1.82, 2.24) is 10.2 Å². The molecule has 0 fully saturated rings. The molecule has 8 nitrogen and oxygen atoms in total. The van der Waals surface area contributed by atoms with Crippen LogP contribution in [0.5, 0.6) is 5.75 Å². The minimum absolute atomic E-state index is 0.00358. The van der Waals surface area contributed by atoms with Crippen LogP contribution in [0.1, 0.15) is 33.3 Å². The van der Waals surface area contributed by atoms with Crippen LogP contribution in [0, 0.1) is 0 Å². The molecule has 3 aromatic rings. The van der Waals surface area contributed by atoms with Gasteiger partial charge in [-0.1, -0.05) is 48.0 Å². The van der Waals surface area contributed by atoms with Crippen LogP contribution in [0.25, 0.3) is 0 Å². The van der Waals surface area contributed by atoms with Crippen LogP contribution in [0.4, 0.5) is 5.69 Å².